The first kappa shape index (κ1) is 15.0. The number of halogens is 2. The Labute approximate surface area is 136 Å². The maximum absolute atomic E-state index is 13.2. The fourth-order valence-corrected chi connectivity index (χ4v) is 2.52. The molecule has 2 aromatic carbocycles. The third-order valence-corrected chi connectivity index (χ3v) is 3.65. The Bertz CT molecular complexity index is 982. The molecule has 5 heteroatoms. The van der Waals surface area contributed by atoms with Gasteiger partial charge in [-0.2, -0.15) is 5.26 Å². The van der Waals surface area contributed by atoms with E-state index in [0.717, 1.165) is 0 Å². The molecular formula is C18H10ClFN2O. The van der Waals surface area contributed by atoms with Gasteiger partial charge in [0.05, 0.1) is 0 Å². The molecule has 0 spiro atoms. The van der Waals surface area contributed by atoms with Crippen molar-refractivity contribution < 1.29 is 9.18 Å². The molecule has 0 aliphatic heterocycles. The van der Waals surface area contributed by atoms with Crippen molar-refractivity contribution in [3.05, 3.63) is 76.2 Å². The van der Waals surface area contributed by atoms with Crippen molar-refractivity contribution in [3.63, 3.8) is 0 Å². The van der Waals surface area contributed by atoms with Crippen molar-refractivity contribution in [2.75, 3.05) is 0 Å². The topological polar surface area (TPSA) is 56.6 Å². The second kappa shape index (κ2) is 6.07. The maximum Gasteiger partial charge on any atom is 0.205 e. The van der Waals surface area contributed by atoms with Gasteiger partial charge in [-0.05, 0) is 35.9 Å². The van der Waals surface area contributed by atoms with Crippen LogP contribution in [0.4, 0.5) is 4.39 Å². The molecule has 1 heterocycles. The van der Waals surface area contributed by atoms with Crippen LogP contribution in [0.3, 0.4) is 0 Å². The molecule has 1 aromatic heterocycles. The summed E-state index contributed by atoms with van der Waals surface area (Å²) >= 11 is 5.92. The highest BCUT2D eigenvalue weighted by atomic mass is 35.5. The number of nitrogens with one attached hydrogen (secondary N) is 1. The monoisotopic (exact) mass is 324 g/mol. The summed E-state index contributed by atoms with van der Waals surface area (Å²) in [7, 11) is 0. The number of aromatic nitrogens is 1. The molecule has 3 nitrogen and oxygen atoms in total. The van der Waals surface area contributed by atoms with E-state index in [1.165, 1.54) is 24.3 Å². The fraction of sp³-hybridized carbons (Fsp3) is 0. The summed E-state index contributed by atoms with van der Waals surface area (Å²) in [5.41, 5.74) is 1.48. The quantitative estimate of drug-likeness (QED) is 0.429. The fourth-order valence-electron chi connectivity index (χ4n) is 2.34. The second-order valence-electron chi connectivity index (χ2n) is 4.95. The minimum absolute atomic E-state index is 0.0635. The summed E-state index contributed by atoms with van der Waals surface area (Å²) in [6.07, 6.45) is 2.92. The van der Waals surface area contributed by atoms with Gasteiger partial charge in [0, 0.05) is 27.7 Å². The third-order valence-electron chi connectivity index (χ3n) is 3.41. The summed E-state index contributed by atoms with van der Waals surface area (Å²) in [6.45, 7) is 0. The minimum Gasteiger partial charge on any atom is -0.360 e. The van der Waals surface area contributed by atoms with Gasteiger partial charge in [0.2, 0.25) is 5.78 Å². The lowest BCUT2D eigenvalue weighted by Gasteiger charge is -1.99. The summed E-state index contributed by atoms with van der Waals surface area (Å²) in [5, 5.41) is 10.5. The highest BCUT2D eigenvalue weighted by Gasteiger charge is 2.16. The number of carbonyl (C=O) groups excluding carboxylic acids is 1. The number of fused-ring (bicyclic) bond motifs is 1. The van der Waals surface area contributed by atoms with Gasteiger partial charge in [0.1, 0.15) is 17.5 Å². The van der Waals surface area contributed by atoms with Crippen molar-refractivity contribution in [2.24, 2.45) is 0 Å². The van der Waals surface area contributed by atoms with Crippen LogP contribution in [0.1, 0.15) is 15.9 Å². The number of H-pyrrole nitrogens is 1. The first-order valence-corrected chi connectivity index (χ1v) is 7.15. The number of aromatic amines is 1. The van der Waals surface area contributed by atoms with E-state index in [4.69, 9.17) is 11.6 Å². The van der Waals surface area contributed by atoms with Crippen LogP contribution in [0.5, 0.6) is 0 Å². The van der Waals surface area contributed by atoms with Crippen LogP contribution in [0.25, 0.3) is 17.0 Å². The Morgan fingerprint density at radius 3 is 2.83 bits per heavy atom. The maximum atomic E-state index is 13.2. The van der Waals surface area contributed by atoms with E-state index >= 15 is 0 Å². The Kier molecular flexibility index (Phi) is 3.96. The zero-order valence-electron chi connectivity index (χ0n) is 11.8. The Morgan fingerprint density at radius 2 is 2.09 bits per heavy atom. The van der Waals surface area contributed by atoms with Crippen molar-refractivity contribution in [1.29, 1.82) is 5.26 Å². The van der Waals surface area contributed by atoms with Gasteiger partial charge in [-0.3, -0.25) is 4.79 Å². The molecule has 0 unspecified atom stereocenters. The molecule has 0 fully saturated rings. The molecule has 0 radical (unpaired) electrons. The number of hydrogen-bond acceptors (Lipinski definition) is 2. The van der Waals surface area contributed by atoms with Crippen LogP contribution in [0, 0.1) is 17.1 Å². The lowest BCUT2D eigenvalue weighted by Crippen LogP contribution is -2.01. The van der Waals surface area contributed by atoms with Crippen molar-refractivity contribution in [3.8, 4) is 6.07 Å². The van der Waals surface area contributed by atoms with E-state index in [0.29, 0.717) is 27.1 Å². The molecule has 0 aliphatic rings. The van der Waals surface area contributed by atoms with Gasteiger partial charge < -0.3 is 4.98 Å². The molecule has 0 bridgehead atoms. The SMILES string of the molecule is N#C/C(=C\c1cccc(F)c1)C(=O)c1c[nH]c2cc(Cl)ccc12. The average molecular weight is 325 g/mol. The molecule has 0 atom stereocenters. The molecule has 3 aromatic rings. The Balaban J connectivity index is 2.04. The van der Waals surface area contributed by atoms with Gasteiger partial charge >= 0.3 is 0 Å². The van der Waals surface area contributed by atoms with Gasteiger partial charge in [-0.15, -0.1) is 0 Å². The smallest absolute Gasteiger partial charge is 0.205 e. The van der Waals surface area contributed by atoms with E-state index in [1.54, 1.807) is 30.5 Å². The Hall–Kier alpha value is -2.90. The molecule has 3 rings (SSSR count). The van der Waals surface area contributed by atoms with Crippen LogP contribution in [0.15, 0.2) is 54.2 Å². The first-order valence-electron chi connectivity index (χ1n) is 6.77. The predicted octanol–water partition coefficient (Wildman–Crippen LogP) is 4.75. The van der Waals surface area contributed by atoms with Crippen LogP contribution in [-0.4, -0.2) is 10.8 Å². The number of benzene rings is 2. The number of Topliss-reactive ketones (excluding diaryl/α,β-unsaturated/α-hetero) is 1. The van der Waals surface area contributed by atoms with E-state index in [2.05, 4.69) is 4.98 Å². The largest absolute Gasteiger partial charge is 0.360 e. The predicted molar refractivity (Wildman–Crippen MR) is 87.6 cm³/mol. The third kappa shape index (κ3) is 3.01. The zero-order valence-corrected chi connectivity index (χ0v) is 12.6. The van der Waals surface area contributed by atoms with Crippen molar-refractivity contribution in [2.45, 2.75) is 0 Å². The first-order chi connectivity index (χ1) is 11.1. The number of hydrogen-bond donors (Lipinski definition) is 1. The minimum atomic E-state index is -0.426. The lowest BCUT2D eigenvalue weighted by atomic mass is 10.0. The molecule has 112 valence electrons. The highest BCUT2D eigenvalue weighted by molar-refractivity contribution is 6.31. The van der Waals surface area contributed by atoms with Crippen LogP contribution in [-0.2, 0) is 0 Å². The molecular weight excluding hydrogens is 315 g/mol. The van der Waals surface area contributed by atoms with Crippen LogP contribution < -0.4 is 0 Å². The molecule has 0 aliphatic carbocycles. The zero-order chi connectivity index (χ0) is 16.4. The van der Waals surface area contributed by atoms with Crippen molar-refractivity contribution in [1.82, 2.24) is 4.98 Å². The number of carbonyl (C=O) groups is 1. The van der Waals surface area contributed by atoms with E-state index in [-0.39, 0.29) is 5.57 Å². The number of rotatable bonds is 3. The van der Waals surface area contributed by atoms with Crippen LogP contribution >= 0.6 is 11.6 Å². The Morgan fingerprint density at radius 1 is 1.26 bits per heavy atom. The number of nitrogens with zero attached hydrogens (tertiary/aromatic N) is 1. The molecule has 0 amide bonds. The molecule has 1 N–H and O–H groups in total. The summed E-state index contributed by atoms with van der Waals surface area (Å²) in [4.78, 5) is 15.5. The summed E-state index contributed by atoms with van der Waals surface area (Å²) in [6, 6.07) is 12.7. The molecule has 0 saturated carbocycles. The molecule has 23 heavy (non-hydrogen) atoms. The average Bonchev–Trinajstić information content (AvgIpc) is 2.95. The number of allylic oxidation sites excluding steroid dienone is 1. The van der Waals surface area contributed by atoms with E-state index in [1.807, 2.05) is 6.07 Å². The number of nitriles is 1. The summed E-state index contributed by atoms with van der Waals surface area (Å²) in [5.74, 6) is -0.851. The van der Waals surface area contributed by atoms with Gasteiger partial charge in [-0.1, -0.05) is 29.8 Å². The normalized spacial score (nSPS) is 11.4. The molecule has 0 saturated heterocycles. The van der Waals surface area contributed by atoms with Gasteiger partial charge in [0.25, 0.3) is 0 Å². The lowest BCUT2D eigenvalue weighted by molar-refractivity contribution is 0.104. The summed E-state index contributed by atoms with van der Waals surface area (Å²) < 4.78 is 13.2. The van der Waals surface area contributed by atoms with Gasteiger partial charge in [-0.25, -0.2) is 4.39 Å². The highest BCUT2D eigenvalue weighted by Crippen LogP contribution is 2.24. The van der Waals surface area contributed by atoms with E-state index in [9.17, 15) is 14.4 Å². The van der Waals surface area contributed by atoms with Crippen molar-refractivity contribution >= 4 is 34.4 Å². The van der Waals surface area contributed by atoms with Crippen LogP contribution in [0.2, 0.25) is 5.02 Å². The van der Waals surface area contributed by atoms with Gasteiger partial charge in [0.15, 0.2) is 0 Å². The second-order valence-corrected chi connectivity index (χ2v) is 5.38. The van der Waals surface area contributed by atoms with E-state index < -0.39 is 11.6 Å². The standard InChI is InChI=1S/C18H10ClFN2O/c19-13-4-5-15-16(10-22-17(15)8-13)18(23)12(9-21)6-11-2-1-3-14(20)7-11/h1-8,10,22H/b12-6+. The number of ketones is 1.